The van der Waals surface area contributed by atoms with Gasteiger partial charge in [0.25, 0.3) is 5.91 Å². The van der Waals surface area contributed by atoms with E-state index in [0.29, 0.717) is 39.0 Å². The summed E-state index contributed by atoms with van der Waals surface area (Å²) in [5, 5.41) is 21.5. The fraction of sp³-hybridized carbons (Fsp3) is 0.758. The third-order valence-electron chi connectivity index (χ3n) is 8.42. The van der Waals surface area contributed by atoms with E-state index in [-0.39, 0.29) is 55.8 Å². The second-order valence-electron chi connectivity index (χ2n) is 12.5. The lowest BCUT2D eigenvalue weighted by atomic mass is 9.99. The Balaban J connectivity index is 1.96. The Bertz CT molecular complexity index is 1010. The molecule has 1 aromatic rings. The maximum absolute atomic E-state index is 14.9. The summed E-state index contributed by atoms with van der Waals surface area (Å²) in [4.78, 5) is 33.6. The molecule has 2 aliphatic heterocycles. The minimum absolute atomic E-state index is 0.0212. The van der Waals surface area contributed by atoms with E-state index in [4.69, 9.17) is 14.2 Å². The molecular formula is C33H54FN3O7. The first-order valence-corrected chi connectivity index (χ1v) is 16.3. The van der Waals surface area contributed by atoms with E-state index in [1.165, 1.54) is 30.2 Å². The molecule has 0 spiro atoms. The maximum atomic E-state index is 14.9. The van der Waals surface area contributed by atoms with Gasteiger partial charge in [-0.25, -0.2) is 4.39 Å². The fourth-order valence-corrected chi connectivity index (χ4v) is 6.14. The number of methoxy groups -OCH3 is 1. The van der Waals surface area contributed by atoms with Crippen LogP contribution in [0, 0.1) is 11.7 Å². The second-order valence-corrected chi connectivity index (χ2v) is 12.5. The molecule has 2 amide bonds. The highest BCUT2D eigenvalue weighted by atomic mass is 19.1. The van der Waals surface area contributed by atoms with Crippen molar-refractivity contribution >= 4 is 11.8 Å². The van der Waals surface area contributed by atoms with Crippen molar-refractivity contribution in [3.8, 4) is 0 Å². The SMILES string of the molecule is CCCN(CC(=O)N1CCCCOC[C@@H](O)[C@@H](O)[C@H](OC)CN(C(=O)c2ccccc2F)C[C@H]1CC(C)C)CC1CCCO1. The highest BCUT2D eigenvalue weighted by Crippen LogP contribution is 2.21. The highest BCUT2D eigenvalue weighted by Gasteiger charge is 2.35. The number of amides is 2. The van der Waals surface area contributed by atoms with Gasteiger partial charge in [0, 0.05) is 52.5 Å². The van der Waals surface area contributed by atoms with E-state index >= 15 is 0 Å². The Morgan fingerprint density at radius 2 is 1.91 bits per heavy atom. The third-order valence-corrected chi connectivity index (χ3v) is 8.42. The van der Waals surface area contributed by atoms with Crippen molar-refractivity contribution in [3.63, 3.8) is 0 Å². The fourth-order valence-electron chi connectivity index (χ4n) is 6.14. The smallest absolute Gasteiger partial charge is 0.256 e. The van der Waals surface area contributed by atoms with E-state index < -0.39 is 30.0 Å². The number of benzene rings is 1. The average Bonchev–Trinajstić information content (AvgIpc) is 3.50. The zero-order chi connectivity index (χ0) is 32.1. The molecule has 0 radical (unpaired) electrons. The van der Waals surface area contributed by atoms with E-state index in [2.05, 4.69) is 25.7 Å². The number of rotatable bonds is 10. The van der Waals surface area contributed by atoms with Crippen molar-refractivity contribution in [1.82, 2.24) is 14.7 Å². The number of halogens is 1. The predicted molar refractivity (Wildman–Crippen MR) is 166 cm³/mol. The summed E-state index contributed by atoms with van der Waals surface area (Å²) in [5.41, 5.74) is -0.103. The Morgan fingerprint density at radius 3 is 2.57 bits per heavy atom. The Labute approximate surface area is 262 Å². The molecule has 2 saturated heterocycles. The van der Waals surface area contributed by atoms with Crippen molar-refractivity contribution in [2.24, 2.45) is 5.92 Å². The first-order valence-electron chi connectivity index (χ1n) is 16.3. The normalized spacial score (nSPS) is 26.2. The van der Waals surface area contributed by atoms with Crippen LogP contribution in [0.2, 0.25) is 0 Å². The molecule has 3 rings (SSSR count). The van der Waals surface area contributed by atoms with Gasteiger partial charge in [-0.3, -0.25) is 14.5 Å². The van der Waals surface area contributed by atoms with Crippen molar-refractivity contribution in [2.45, 2.75) is 89.8 Å². The zero-order valence-electron chi connectivity index (χ0n) is 27.0. The van der Waals surface area contributed by atoms with Crippen LogP contribution in [0.3, 0.4) is 0 Å². The molecule has 1 aromatic carbocycles. The molecule has 10 nitrogen and oxygen atoms in total. The molecule has 0 bridgehead atoms. The topological polar surface area (TPSA) is 112 Å². The van der Waals surface area contributed by atoms with Crippen molar-refractivity contribution in [1.29, 1.82) is 0 Å². The van der Waals surface area contributed by atoms with Gasteiger partial charge in [0.1, 0.15) is 24.1 Å². The number of carbonyl (C=O) groups excluding carboxylic acids is 2. The van der Waals surface area contributed by atoms with Crippen LogP contribution in [0.5, 0.6) is 0 Å². The van der Waals surface area contributed by atoms with Crippen LogP contribution >= 0.6 is 0 Å². The van der Waals surface area contributed by atoms with Gasteiger partial charge >= 0.3 is 0 Å². The maximum Gasteiger partial charge on any atom is 0.256 e. The van der Waals surface area contributed by atoms with Crippen LogP contribution in [0.4, 0.5) is 4.39 Å². The molecular weight excluding hydrogens is 569 g/mol. The lowest BCUT2D eigenvalue weighted by molar-refractivity contribution is -0.136. The largest absolute Gasteiger partial charge is 0.388 e. The second kappa shape index (κ2) is 18.7. The van der Waals surface area contributed by atoms with Crippen LogP contribution in [-0.2, 0) is 19.0 Å². The number of hydrogen-bond acceptors (Lipinski definition) is 8. The minimum atomic E-state index is -1.35. The van der Waals surface area contributed by atoms with Crippen LogP contribution in [-0.4, -0.2) is 133 Å². The van der Waals surface area contributed by atoms with Gasteiger partial charge in [-0.2, -0.15) is 0 Å². The average molecular weight is 624 g/mol. The van der Waals surface area contributed by atoms with Crippen LogP contribution in [0.25, 0.3) is 0 Å². The van der Waals surface area contributed by atoms with Crippen LogP contribution in [0.15, 0.2) is 24.3 Å². The Morgan fingerprint density at radius 1 is 1.14 bits per heavy atom. The van der Waals surface area contributed by atoms with Gasteiger partial charge in [0.15, 0.2) is 0 Å². The number of carbonyl (C=O) groups is 2. The van der Waals surface area contributed by atoms with E-state index in [9.17, 15) is 24.2 Å². The molecule has 0 saturated carbocycles. The highest BCUT2D eigenvalue weighted by molar-refractivity contribution is 5.94. The lowest BCUT2D eigenvalue weighted by Crippen LogP contribution is -2.55. The lowest BCUT2D eigenvalue weighted by Gasteiger charge is -2.39. The number of nitrogens with zero attached hydrogens (tertiary/aromatic N) is 3. The predicted octanol–water partition coefficient (Wildman–Crippen LogP) is 2.95. The summed E-state index contributed by atoms with van der Waals surface area (Å²) < 4.78 is 32.0. The molecule has 44 heavy (non-hydrogen) atoms. The summed E-state index contributed by atoms with van der Waals surface area (Å²) in [6.07, 6.45) is 1.44. The van der Waals surface area contributed by atoms with Crippen molar-refractivity contribution in [3.05, 3.63) is 35.6 Å². The van der Waals surface area contributed by atoms with Gasteiger partial charge in [0.05, 0.1) is 24.8 Å². The first kappa shape index (κ1) is 36.3. The molecule has 0 aromatic heterocycles. The van der Waals surface area contributed by atoms with Gasteiger partial charge in [-0.05, 0) is 63.1 Å². The Kier molecular flexibility index (Phi) is 15.5. The molecule has 2 heterocycles. The Hall–Kier alpha value is -2.15. The summed E-state index contributed by atoms with van der Waals surface area (Å²) >= 11 is 0. The molecule has 250 valence electrons. The molecule has 2 N–H and O–H groups in total. The molecule has 5 atom stereocenters. The van der Waals surface area contributed by atoms with Crippen molar-refractivity contribution in [2.75, 3.05) is 66.2 Å². The standard InChI is InChI=1S/C33H54FN3O7/c1-5-14-35(20-26-11-10-17-44-26)22-31(39)37-15-8-9-16-43-23-29(38)32(40)30(42-4)21-36(19-25(37)18-24(2)3)33(41)27-12-6-7-13-28(27)34/h6-7,12-13,24-26,29-30,32,38,40H,5,8-11,14-23H2,1-4H3/t25-,26?,29-,30-,32-/m1/s1. The van der Waals surface area contributed by atoms with Gasteiger partial charge < -0.3 is 34.2 Å². The number of aliphatic hydroxyl groups is 2. The summed E-state index contributed by atoms with van der Waals surface area (Å²) in [7, 11) is 1.40. The van der Waals surface area contributed by atoms with Gasteiger partial charge in [0.2, 0.25) is 5.91 Å². The third kappa shape index (κ3) is 11.0. The summed E-state index contributed by atoms with van der Waals surface area (Å²) in [5.74, 6) is -1.04. The summed E-state index contributed by atoms with van der Waals surface area (Å²) in [6.45, 7) is 9.46. The summed E-state index contributed by atoms with van der Waals surface area (Å²) in [6, 6.07) is 5.42. The zero-order valence-corrected chi connectivity index (χ0v) is 27.0. The van der Waals surface area contributed by atoms with Crippen molar-refractivity contribution < 1.29 is 38.4 Å². The quantitative estimate of drug-likeness (QED) is 0.410. The molecule has 11 heteroatoms. The van der Waals surface area contributed by atoms with Crippen LogP contribution < -0.4 is 0 Å². The van der Waals surface area contributed by atoms with E-state index in [1.54, 1.807) is 6.07 Å². The monoisotopic (exact) mass is 623 g/mol. The minimum Gasteiger partial charge on any atom is -0.388 e. The van der Waals surface area contributed by atoms with E-state index in [1.807, 2.05) is 4.90 Å². The van der Waals surface area contributed by atoms with Gasteiger partial charge in [-0.1, -0.05) is 32.9 Å². The number of aliphatic hydroxyl groups excluding tert-OH is 2. The molecule has 0 aliphatic carbocycles. The molecule has 1 unspecified atom stereocenters. The van der Waals surface area contributed by atoms with Crippen LogP contribution in [0.1, 0.15) is 69.7 Å². The number of hydrogen-bond donors (Lipinski definition) is 2. The number of ether oxygens (including phenoxy) is 3. The van der Waals surface area contributed by atoms with Gasteiger partial charge in [-0.15, -0.1) is 0 Å². The molecule has 2 aliphatic rings. The van der Waals surface area contributed by atoms with E-state index in [0.717, 1.165) is 32.4 Å². The first-order chi connectivity index (χ1) is 21.1. The molecule has 2 fully saturated rings.